The number of amides is 1. The third-order valence-electron chi connectivity index (χ3n) is 3.95. The van der Waals surface area contributed by atoms with Gasteiger partial charge in [0.15, 0.2) is 0 Å². The molecule has 0 aliphatic heterocycles. The Bertz CT molecular complexity index is 1000. The number of pyridine rings is 1. The summed E-state index contributed by atoms with van der Waals surface area (Å²) >= 11 is 0. The Morgan fingerprint density at radius 3 is 2.36 bits per heavy atom. The van der Waals surface area contributed by atoms with Gasteiger partial charge >= 0.3 is 0 Å². The Labute approximate surface area is 162 Å². The summed E-state index contributed by atoms with van der Waals surface area (Å²) < 4.78 is 10.4. The van der Waals surface area contributed by atoms with E-state index >= 15 is 0 Å². The van der Waals surface area contributed by atoms with Gasteiger partial charge in [0.25, 0.3) is 5.91 Å². The zero-order valence-electron chi connectivity index (χ0n) is 15.4. The van der Waals surface area contributed by atoms with E-state index in [2.05, 4.69) is 21.7 Å². The van der Waals surface area contributed by atoms with E-state index in [9.17, 15) is 4.79 Å². The largest absolute Gasteiger partial charge is 0.497 e. The summed E-state index contributed by atoms with van der Waals surface area (Å²) in [5.74, 6) is 1.10. The van der Waals surface area contributed by atoms with Crippen LogP contribution < -0.4 is 20.1 Å². The molecule has 0 spiro atoms. The fourth-order valence-corrected chi connectivity index (χ4v) is 2.51. The molecule has 0 aliphatic carbocycles. The SMILES string of the molecule is COc1cc(OC)cc(C(=O)Nc2ccc(Nc3ccccc3C#N)cn2)c1. The lowest BCUT2D eigenvalue weighted by molar-refractivity contribution is 0.102. The van der Waals surface area contributed by atoms with Crippen molar-refractivity contribution in [3.63, 3.8) is 0 Å². The van der Waals surface area contributed by atoms with Gasteiger partial charge in [0, 0.05) is 11.6 Å². The predicted octanol–water partition coefficient (Wildman–Crippen LogP) is 3.97. The average Bonchev–Trinajstić information content (AvgIpc) is 2.75. The molecule has 1 amide bonds. The molecule has 3 aromatic rings. The van der Waals surface area contributed by atoms with Gasteiger partial charge in [-0.25, -0.2) is 4.98 Å². The average molecular weight is 374 g/mol. The Morgan fingerprint density at radius 2 is 1.75 bits per heavy atom. The molecule has 3 rings (SSSR count). The predicted molar refractivity (Wildman–Crippen MR) is 106 cm³/mol. The van der Waals surface area contributed by atoms with E-state index in [1.807, 2.05) is 12.1 Å². The highest BCUT2D eigenvalue weighted by Gasteiger charge is 2.11. The van der Waals surface area contributed by atoms with Crippen LogP contribution in [0.25, 0.3) is 0 Å². The van der Waals surface area contributed by atoms with E-state index in [0.29, 0.717) is 39.8 Å². The van der Waals surface area contributed by atoms with Crippen molar-refractivity contribution in [3.05, 3.63) is 71.9 Å². The second-order valence-electron chi connectivity index (χ2n) is 5.77. The van der Waals surface area contributed by atoms with Crippen molar-refractivity contribution in [2.24, 2.45) is 0 Å². The number of anilines is 3. The van der Waals surface area contributed by atoms with Crippen molar-refractivity contribution in [2.45, 2.75) is 0 Å². The fourth-order valence-electron chi connectivity index (χ4n) is 2.51. The van der Waals surface area contributed by atoms with E-state index in [-0.39, 0.29) is 5.91 Å². The first-order chi connectivity index (χ1) is 13.6. The van der Waals surface area contributed by atoms with E-state index in [0.717, 1.165) is 0 Å². The summed E-state index contributed by atoms with van der Waals surface area (Å²) in [4.78, 5) is 16.7. The van der Waals surface area contributed by atoms with E-state index in [1.54, 1.807) is 48.7 Å². The first-order valence-electron chi connectivity index (χ1n) is 8.39. The molecule has 0 saturated heterocycles. The molecule has 2 aromatic carbocycles. The van der Waals surface area contributed by atoms with Crippen LogP contribution in [-0.2, 0) is 0 Å². The van der Waals surface area contributed by atoms with Gasteiger partial charge in [-0.05, 0) is 36.4 Å². The number of ether oxygens (including phenoxy) is 2. The third kappa shape index (κ3) is 4.37. The van der Waals surface area contributed by atoms with E-state index in [1.165, 1.54) is 14.2 Å². The molecule has 140 valence electrons. The van der Waals surface area contributed by atoms with Crippen LogP contribution in [0.15, 0.2) is 60.8 Å². The first-order valence-corrected chi connectivity index (χ1v) is 8.39. The molecule has 0 atom stereocenters. The molecule has 0 unspecified atom stereocenters. The first kappa shape index (κ1) is 18.7. The Hall–Kier alpha value is -4.05. The highest BCUT2D eigenvalue weighted by Crippen LogP contribution is 2.24. The van der Waals surface area contributed by atoms with Crippen molar-refractivity contribution in [2.75, 3.05) is 24.9 Å². The minimum Gasteiger partial charge on any atom is -0.497 e. The van der Waals surface area contributed by atoms with Crippen molar-refractivity contribution < 1.29 is 14.3 Å². The number of nitrogens with zero attached hydrogens (tertiary/aromatic N) is 2. The highest BCUT2D eigenvalue weighted by molar-refractivity contribution is 6.04. The third-order valence-corrected chi connectivity index (χ3v) is 3.95. The molecule has 0 aliphatic rings. The molecule has 1 aromatic heterocycles. The van der Waals surface area contributed by atoms with Gasteiger partial charge in [0.05, 0.1) is 37.4 Å². The normalized spacial score (nSPS) is 9.89. The van der Waals surface area contributed by atoms with Gasteiger partial charge in [-0.2, -0.15) is 5.26 Å². The van der Waals surface area contributed by atoms with Crippen molar-refractivity contribution in [1.82, 2.24) is 4.98 Å². The number of carbonyl (C=O) groups excluding carboxylic acids is 1. The van der Waals surface area contributed by atoms with Crippen molar-refractivity contribution >= 4 is 23.1 Å². The number of nitrogens with one attached hydrogen (secondary N) is 2. The zero-order chi connectivity index (χ0) is 19.9. The monoisotopic (exact) mass is 374 g/mol. The fraction of sp³-hybridized carbons (Fsp3) is 0.0952. The van der Waals surface area contributed by atoms with Crippen LogP contribution in [0.1, 0.15) is 15.9 Å². The minimum absolute atomic E-state index is 0.333. The van der Waals surface area contributed by atoms with E-state index in [4.69, 9.17) is 14.7 Å². The second kappa shape index (κ2) is 8.56. The molecule has 0 radical (unpaired) electrons. The number of methoxy groups -OCH3 is 2. The van der Waals surface area contributed by atoms with Gasteiger partial charge in [-0.1, -0.05) is 12.1 Å². The minimum atomic E-state index is -0.333. The lowest BCUT2D eigenvalue weighted by Gasteiger charge is -2.10. The Kier molecular flexibility index (Phi) is 5.72. The second-order valence-corrected chi connectivity index (χ2v) is 5.77. The van der Waals surface area contributed by atoms with Crippen molar-refractivity contribution in [1.29, 1.82) is 5.26 Å². The summed E-state index contributed by atoms with van der Waals surface area (Å²) in [5, 5.41) is 15.0. The number of para-hydroxylation sites is 1. The molecular weight excluding hydrogens is 356 g/mol. The van der Waals surface area contributed by atoms with Crippen LogP contribution in [0.4, 0.5) is 17.2 Å². The van der Waals surface area contributed by atoms with Gasteiger partial charge in [-0.3, -0.25) is 4.79 Å². The van der Waals surface area contributed by atoms with Gasteiger partial charge in [0.2, 0.25) is 0 Å². The van der Waals surface area contributed by atoms with E-state index < -0.39 is 0 Å². The molecule has 28 heavy (non-hydrogen) atoms. The maximum Gasteiger partial charge on any atom is 0.257 e. The molecule has 0 bridgehead atoms. The maximum absolute atomic E-state index is 12.5. The van der Waals surface area contributed by atoms with Crippen molar-refractivity contribution in [3.8, 4) is 17.6 Å². The number of aromatic nitrogens is 1. The molecule has 7 heteroatoms. The van der Waals surface area contributed by atoms with Crippen LogP contribution in [0.5, 0.6) is 11.5 Å². The van der Waals surface area contributed by atoms with Crippen LogP contribution in [0.3, 0.4) is 0 Å². The Morgan fingerprint density at radius 1 is 1.04 bits per heavy atom. The quantitative estimate of drug-likeness (QED) is 0.678. The lowest BCUT2D eigenvalue weighted by atomic mass is 10.2. The van der Waals surface area contributed by atoms with Crippen LogP contribution in [-0.4, -0.2) is 25.1 Å². The molecular formula is C21H18N4O3. The standard InChI is InChI=1S/C21H18N4O3/c1-27-17-9-15(10-18(11-17)28-2)21(26)25-20-8-7-16(13-23-20)24-19-6-4-3-5-14(19)12-22/h3-11,13,24H,1-2H3,(H,23,25,26). The molecule has 7 nitrogen and oxygen atoms in total. The number of benzene rings is 2. The highest BCUT2D eigenvalue weighted by atomic mass is 16.5. The molecule has 2 N–H and O–H groups in total. The summed E-state index contributed by atoms with van der Waals surface area (Å²) in [6, 6.07) is 17.7. The smallest absolute Gasteiger partial charge is 0.257 e. The topological polar surface area (TPSA) is 96.3 Å². The van der Waals surface area contributed by atoms with Gasteiger partial charge < -0.3 is 20.1 Å². The number of hydrogen-bond donors (Lipinski definition) is 2. The van der Waals surface area contributed by atoms with Gasteiger partial charge in [-0.15, -0.1) is 0 Å². The lowest BCUT2D eigenvalue weighted by Crippen LogP contribution is -2.13. The van der Waals surface area contributed by atoms with Crippen LogP contribution in [0.2, 0.25) is 0 Å². The number of hydrogen-bond acceptors (Lipinski definition) is 6. The summed E-state index contributed by atoms with van der Waals surface area (Å²) in [5.41, 5.74) is 2.31. The van der Waals surface area contributed by atoms with Crippen LogP contribution >= 0.6 is 0 Å². The summed E-state index contributed by atoms with van der Waals surface area (Å²) in [6.45, 7) is 0. The van der Waals surface area contributed by atoms with Gasteiger partial charge in [0.1, 0.15) is 23.4 Å². The summed E-state index contributed by atoms with van der Waals surface area (Å²) in [7, 11) is 3.04. The maximum atomic E-state index is 12.5. The number of nitriles is 1. The zero-order valence-corrected chi connectivity index (χ0v) is 15.4. The Balaban J connectivity index is 1.72. The number of carbonyl (C=O) groups is 1. The molecule has 0 saturated carbocycles. The molecule has 1 heterocycles. The van der Waals surface area contributed by atoms with Crippen LogP contribution in [0, 0.1) is 11.3 Å². The summed E-state index contributed by atoms with van der Waals surface area (Å²) in [6.07, 6.45) is 1.58. The molecule has 0 fully saturated rings. The number of rotatable bonds is 6.